The van der Waals surface area contributed by atoms with E-state index in [2.05, 4.69) is 0 Å². The number of carbonyl (C=O) groups is 1. The van der Waals surface area contributed by atoms with Gasteiger partial charge >= 0.3 is 5.97 Å². The van der Waals surface area contributed by atoms with Crippen LogP contribution in [-0.4, -0.2) is 52.5 Å². The van der Waals surface area contributed by atoms with Crippen LogP contribution in [0.25, 0.3) is 0 Å². The third-order valence-corrected chi connectivity index (χ3v) is 3.56. The van der Waals surface area contributed by atoms with Gasteiger partial charge in [-0.1, -0.05) is 26.7 Å². The summed E-state index contributed by atoms with van der Waals surface area (Å²) >= 11 is 0. The van der Waals surface area contributed by atoms with Crippen LogP contribution in [0.1, 0.15) is 46.0 Å². The molecule has 0 saturated carbocycles. The zero-order valence-corrected chi connectivity index (χ0v) is 12.2. The normalized spacial score (nSPS) is 30.5. The molecule has 6 nitrogen and oxygen atoms in total. The second-order valence-corrected chi connectivity index (χ2v) is 5.29. The summed E-state index contributed by atoms with van der Waals surface area (Å²) in [5, 5.41) is 28.5. The summed E-state index contributed by atoms with van der Waals surface area (Å²) in [6, 6.07) is 0. The summed E-state index contributed by atoms with van der Waals surface area (Å²) in [5.74, 6) is -0.556. The Labute approximate surface area is 119 Å². The molecule has 1 saturated heterocycles. The molecule has 3 N–H and O–H groups in total. The average Bonchev–Trinajstić information content (AvgIpc) is 2.41. The molecule has 0 radical (unpaired) electrons. The van der Waals surface area contributed by atoms with Crippen LogP contribution in [0.2, 0.25) is 0 Å². The summed E-state index contributed by atoms with van der Waals surface area (Å²) in [4.78, 5) is 12.1. The monoisotopic (exact) mass is 290 g/mol. The molecule has 0 aromatic carbocycles. The van der Waals surface area contributed by atoms with E-state index in [4.69, 9.17) is 9.47 Å². The second-order valence-electron chi connectivity index (χ2n) is 5.29. The molecule has 1 aliphatic rings. The lowest BCUT2D eigenvalue weighted by atomic mass is 9.97. The van der Waals surface area contributed by atoms with Crippen LogP contribution >= 0.6 is 0 Å². The summed E-state index contributed by atoms with van der Waals surface area (Å²) in [7, 11) is 0. The van der Waals surface area contributed by atoms with E-state index in [1.807, 2.05) is 13.8 Å². The van der Waals surface area contributed by atoms with E-state index in [0.717, 1.165) is 25.7 Å². The van der Waals surface area contributed by atoms with Gasteiger partial charge in [0.25, 0.3) is 0 Å². The highest BCUT2D eigenvalue weighted by Crippen LogP contribution is 2.24. The van der Waals surface area contributed by atoms with E-state index in [-0.39, 0.29) is 18.3 Å². The molecule has 0 unspecified atom stereocenters. The molecule has 0 spiro atoms. The lowest BCUT2D eigenvalue weighted by Gasteiger charge is -2.37. The van der Waals surface area contributed by atoms with Crippen LogP contribution in [0, 0.1) is 5.92 Å². The van der Waals surface area contributed by atoms with Crippen LogP contribution in [0.3, 0.4) is 0 Å². The number of hydrogen-bond donors (Lipinski definition) is 3. The van der Waals surface area contributed by atoms with Gasteiger partial charge < -0.3 is 24.8 Å². The first-order valence-electron chi connectivity index (χ1n) is 7.36. The van der Waals surface area contributed by atoms with E-state index < -0.39 is 31.2 Å². The summed E-state index contributed by atoms with van der Waals surface area (Å²) in [6.07, 6.45) is -0.764. The fraction of sp³-hybridized carbons (Fsp3) is 0.929. The molecular weight excluding hydrogens is 264 g/mol. The topological polar surface area (TPSA) is 96.2 Å². The average molecular weight is 290 g/mol. The van der Waals surface area contributed by atoms with Crippen molar-refractivity contribution < 1.29 is 29.6 Å². The molecule has 20 heavy (non-hydrogen) atoms. The van der Waals surface area contributed by atoms with E-state index in [1.54, 1.807) is 0 Å². The van der Waals surface area contributed by atoms with Crippen molar-refractivity contribution in [2.75, 3.05) is 6.61 Å². The SMILES string of the molecule is CCCC(CCC)C(=O)O[C@H]1[C@H](O)C[C@@H](O)O[C@@H]1CO. The zero-order valence-electron chi connectivity index (χ0n) is 12.2. The van der Waals surface area contributed by atoms with Crippen LogP contribution < -0.4 is 0 Å². The minimum Gasteiger partial charge on any atom is -0.457 e. The van der Waals surface area contributed by atoms with Crippen molar-refractivity contribution in [1.29, 1.82) is 0 Å². The largest absolute Gasteiger partial charge is 0.457 e. The fourth-order valence-electron chi connectivity index (χ4n) is 2.53. The van der Waals surface area contributed by atoms with E-state index >= 15 is 0 Å². The zero-order chi connectivity index (χ0) is 15.1. The van der Waals surface area contributed by atoms with Gasteiger partial charge in [-0.2, -0.15) is 0 Å². The molecule has 0 aromatic heterocycles. The first-order valence-corrected chi connectivity index (χ1v) is 7.36. The predicted molar refractivity (Wildman–Crippen MR) is 71.8 cm³/mol. The molecule has 1 heterocycles. The Morgan fingerprint density at radius 1 is 1.30 bits per heavy atom. The minimum atomic E-state index is -1.14. The highest BCUT2D eigenvalue weighted by atomic mass is 16.6. The number of esters is 1. The predicted octanol–water partition coefficient (Wildman–Crippen LogP) is 0.575. The Morgan fingerprint density at radius 3 is 2.40 bits per heavy atom. The van der Waals surface area contributed by atoms with Gasteiger partial charge in [-0.05, 0) is 12.8 Å². The lowest BCUT2D eigenvalue weighted by Crippen LogP contribution is -2.52. The quantitative estimate of drug-likeness (QED) is 0.593. The van der Waals surface area contributed by atoms with Crippen molar-refractivity contribution in [3.05, 3.63) is 0 Å². The van der Waals surface area contributed by atoms with Gasteiger partial charge in [0.2, 0.25) is 0 Å². The van der Waals surface area contributed by atoms with Gasteiger partial charge in [0.05, 0.1) is 18.6 Å². The van der Waals surface area contributed by atoms with E-state index in [0.29, 0.717) is 0 Å². The highest BCUT2D eigenvalue weighted by molar-refractivity contribution is 5.72. The van der Waals surface area contributed by atoms with Crippen molar-refractivity contribution in [3.63, 3.8) is 0 Å². The summed E-state index contributed by atoms with van der Waals surface area (Å²) in [5.41, 5.74) is 0. The number of carbonyl (C=O) groups excluding carboxylic acids is 1. The first kappa shape index (κ1) is 17.4. The third kappa shape index (κ3) is 4.70. The summed E-state index contributed by atoms with van der Waals surface area (Å²) in [6.45, 7) is 3.58. The number of ether oxygens (including phenoxy) is 2. The molecule has 1 fully saturated rings. The number of rotatable bonds is 7. The van der Waals surface area contributed by atoms with Crippen molar-refractivity contribution in [1.82, 2.24) is 0 Å². The molecule has 0 bridgehead atoms. The van der Waals surface area contributed by atoms with Gasteiger partial charge in [0.1, 0.15) is 6.10 Å². The van der Waals surface area contributed by atoms with Crippen molar-refractivity contribution in [2.45, 2.75) is 70.6 Å². The molecule has 6 heteroatoms. The van der Waals surface area contributed by atoms with Crippen molar-refractivity contribution in [3.8, 4) is 0 Å². The van der Waals surface area contributed by atoms with Gasteiger partial charge in [-0.3, -0.25) is 4.79 Å². The van der Waals surface area contributed by atoms with Gasteiger partial charge in [0, 0.05) is 6.42 Å². The van der Waals surface area contributed by atoms with Crippen molar-refractivity contribution in [2.24, 2.45) is 5.92 Å². The van der Waals surface area contributed by atoms with Crippen LogP contribution in [0.4, 0.5) is 0 Å². The molecule has 0 aromatic rings. The summed E-state index contributed by atoms with van der Waals surface area (Å²) < 4.78 is 10.4. The van der Waals surface area contributed by atoms with Gasteiger partial charge in [0.15, 0.2) is 12.4 Å². The molecule has 1 rings (SSSR count). The van der Waals surface area contributed by atoms with Crippen LogP contribution in [0.15, 0.2) is 0 Å². The maximum atomic E-state index is 12.1. The number of aliphatic hydroxyl groups is 3. The Bertz CT molecular complexity index is 289. The fourth-order valence-corrected chi connectivity index (χ4v) is 2.53. The van der Waals surface area contributed by atoms with Gasteiger partial charge in [-0.15, -0.1) is 0 Å². The molecule has 4 atom stereocenters. The van der Waals surface area contributed by atoms with E-state index in [9.17, 15) is 20.1 Å². The Hall–Kier alpha value is -0.690. The standard InChI is InChI=1S/C14H26O6/c1-3-5-9(6-4-2)14(18)20-13-10(16)7-12(17)19-11(13)8-15/h9-13,15-17H,3-8H2,1-2H3/t10-,11-,12+,13+/m1/s1. The number of hydrogen-bond acceptors (Lipinski definition) is 6. The van der Waals surface area contributed by atoms with Crippen LogP contribution in [0.5, 0.6) is 0 Å². The Morgan fingerprint density at radius 2 is 1.90 bits per heavy atom. The molecule has 1 aliphatic heterocycles. The van der Waals surface area contributed by atoms with Gasteiger partial charge in [-0.25, -0.2) is 0 Å². The molecule has 0 amide bonds. The smallest absolute Gasteiger partial charge is 0.309 e. The van der Waals surface area contributed by atoms with Crippen molar-refractivity contribution >= 4 is 5.97 Å². The maximum absolute atomic E-state index is 12.1. The molecule has 118 valence electrons. The Balaban J connectivity index is 2.65. The number of aliphatic hydroxyl groups excluding tert-OH is 3. The maximum Gasteiger partial charge on any atom is 0.309 e. The Kier molecular flexibility index (Phi) is 7.43. The first-order chi connectivity index (χ1) is 9.53. The second kappa shape index (κ2) is 8.56. The minimum absolute atomic E-state index is 0.0271. The highest BCUT2D eigenvalue weighted by Gasteiger charge is 2.40. The van der Waals surface area contributed by atoms with Crippen LogP contribution in [-0.2, 0) is 14.3 Å². The molecule has 0 aliphatic carbocycles. The third-order valence-electron chi connectivity index (χ3n) is 3.56. The molecular formula is C14H26O6. The van der Waals surface area contributed by atoms with E-state index in [1.165, 1.54) is 0 Å². The lowest BCUT2D eigenvalue weighted by molar-refractivity contribution is -0.248.